The van der Waals surface area contributed by atoms with Gasteiger partial charge in [0.25, 0.3) is 0 Å². The first-order valence-corrected chi connectivity index (χ1v) is 26.2. The Balaban J connectivity index is 4.22. The molecule has 0 aromatic heterocycles. The van der Waals surface area contributed by atoms with Gasteiger partial charge >= 0.3 is 13.8 Å². The molecule has 0 saturated carbocycles. The first-order valence-electron chi connectivity index (χ1n) is 24.7. The number of phosphoric acid groups is 1. The summed E-state index contributed by atoms with van der Waals surface area (Å²) in [6.45, 7) is 5.28. The zero-order chi connectivity index (χ0) is 44.8. The van der Waals surface area contributed by atoms with E-state index in [1.54, 1.807) is 0 Å². The van der Waals surface area contributed by atoms with Crippen LogP contribution in [0.2, 0.25) is 0 Å². The number of hydrogen-bond donors (Lipinski definition) is 1. The molecule has 8 nitrogen and oxygen atoms in total. The molecule has 0 radical (unpaired) electrons. The molecule has 0 spiro atoms. The van der Waals surface area contributed by atoms with E-state index < -0.39 is 13.9 Å². The molecule has 0 rings (SSSR count). The molecule has 0 aliphatic rings. The quantitative estimate of drug-likeness (QED) is 0.0214. The summed E-state index contributed by atoms with van der Waals surface area (Å²) >= 11 is 0. The van der Waals surface area contributed by atoms with Gasteiger partial charge in [0.1, 0.15) is 19.3 Å². The molecule has 0 aromatic carbocycles. The monoisotopic (exact) mass is 877 g/mol. The smallest absolute Gasteiger partial charge is 0.457 e. The van der Waals surface area contributed by atoms with Gasteiger partial charge in [-0.1, -0.05) is 189 Å². The second kappa shape index (κ2) is 44.5. The summed E-state index contributed by atoms with van der Waals surface area (Å²) in [5.74, 6) is -0.340. The number of likely N-dealkylation sites (N-methyl/N-ethyl adjacent to an activating group) is 1. The second-order valence-electron chi connectivity index (χ2n) is 17.5. The van der Waals surface area contributed by atoms with Crippen molar-refractivity contribution in [2.24, 2.45) is 0 Å². The van der Waals surface area contributed by atoms with Crippen molar-refractivity contribution in [2.75, 3.05) is 54.1 Å². The van der Waals surface area contributed by atoms with Gasteiger partial charge in [0.2, 0.25) is 0 Å². The third-order valence-electron chi connectivity index (χ3n) is 10.3. The maximum absolute atomic E-state index is 12.7. The number of hydrogen-bond acceptors (Lipinski definition) is 6. The first kappa shape index (κ1) is 58.9. The average molecular weight is 877 g/mol. The Hall–Kier alpha value is -2.06. The highest BCUT2D eigenvalue weighted by Crippen LogP contribution is 2.43. The van der Waals surface area contributed by atoms with Crippen LogP contribution in [0.15, 0.2) is 72.9 Å². The van der Waals surface area contributed by atoms with E-state index in [1.165, 1.54) is 116 Å². The van der Waals surface area contributed by atoms with E-state index in [2.05, 4.69) is 86.8 Å². The summed E-state index contributed by atoms with van der Waals surface area (Å²) in [4.78, 5) is 23.0. The van der Waals surface area contributed by atoms with Crippen LogP contribution in [0.3, 0.4) is 0 Å². The maximum atomic E-state index is 12.7. The lowest BCUT2D eigenvalue weighted by atomic mass is 10.0. The molecule has 354 valence electrons. The molecule has 0 aliphatic carbocycles. The Bertz CT molecular complexity index is 1200. The van der Waals surface area contributed by atoms with E-state index in [0.29, 0.717) is 30.5 Å². The van der Waals surface area contributed by atoms with E-state index in [-0.39, 0.29) is 25.8 Å². The Morgan fingerprint density at radius 2 is 0.951 bits per heavy atom. The lowest BCUT2D eigenvalue weighted by Crippen LogP contribution is -2.37. The molecule has 9 heteroatoms. The highest BCUT2D eigenvalue weighted by Gasteiger charge is 2.26. The lowest BCUT2D eigenvalue weighted by Gasteiger charge is -2.24. The van der Waals surface area contributed by atoms with Gasteiger partial charge in [0.15, 0.2) is 0 Å². The van der Waals surface area contributed by atoms with E-state index in [0.717, 1.165) is 51.4 Å². The molecule has 0 aliphatic heterocycles. The van der Waals surface area contributed by atoms with Crippen molar-refractivity contribution >= 4 is 13.8 Å². The standard InChI is InChI=1S/C52H94NO7P/c1-6-8-10-12-14-16-18-20-22-24-25-26-27-28-29-30-31-33-35-37-39-41-43-45-52(54)60-51(50-59-61(55,56)58-48-46-53(3,4)5)49-57-47-44-42-40-38-36-34-32-23-21-19-17-15-13-11-9-7-2/h9,11,15,17,21,23-25,34,36,40,42,51H,6-8,10,12-14,16,18-20,22,26-33,35,37-39,41,43-50H2,1-5H3/p+1/b11-9-,17-15-,23-21-,25-24-,36-34-,42-40-. The van der Waals surface area contributed by atoms with Crippen molar-refractivity contribution < 1.29 is 37.3 Å². The fourth-order valence-corrected chi connectivity index (χ4v) is 7.24. The van der Waals surface area contributed by atoms with Crippen LogP contribution in [0.1, 0.15) is 194 Å². The Labute approximate surface area is 376 Å². The van der Waals surface area contributed by atoms with Gasteiger partial charge in [-0.15, -0.1) is 0 Å². The minimum absolute atomic E-state index is 0.0724. The topological polar surface area (TPSA) is 91.3 Å². The van der Waals surface area contributed by atoms with Crippen LogP contribution in [-0.4, -0.2) is 75.6 Å². The molecule has 0 bridgehead atoms. The molecule has 2 atom stereocenters. The molecular formula is C52H95NO7P+. The summed E-state index contributed by atoms with van der Waals surface area (Å²) < 4.78 is 35.0. The molecule has 0 heterocycles. The van der Waals surface area contributed by atoms with Gasteiger partial charge in [0, 0.05) is 6.42 Å². The maximum Gasteiger partial charge on any atom is 0.472 e. The lowest BCUT2D eigenvalue weighted by molar-refractivity contribution is -0.870. The number of phosphoric ester groups is 1. The molecular weight excluding hydrogens is 782 g/mol. The Morgan fingerprint density at radius 1 is 0.525 bits per heavy atom. The van der Waals surface area contributed by atoms with Crippen LogP contribution in [-0.2, 0) is 27.9 Å². The summed E-state index contributed by atoms with van der Waals surface area (Å²) in [5, 5.41) is 0. The Kier molecular flexibility index (Phi) is 43.0. The van der Waals surface area contributed by atoms with Crippen molar-refractivity contribution in [2.45, 2.75) is 200 Å². The largest absolute Gasteiger partial charge is 0.472 e. The summed E-state index contributed by atoms with van der Waals surface area (Å²) in [6.07, 6.45) is 58.3. The number of ether oxygens (including phenoxy) is 2. The molecule has 61 heavy (non-hydrogen) atoms. The van der Waals surface area contributed by atoms with Gasteiger partial charge < -0.3 is 18.9 Å². The van der Waals surface area contributed by atoms with E-state index in [1.807, 2.05) is 21.1 Å². The molecule has 0 amide bonds. The minimum atomic E-state index is -4.30. The summed E-state index contributed by atoms with van der Waals surface area (Å²) in [6, 6.07) is 0. The third-order valence-corrected chi connectivity index (χ3v) is 11.3. The predicted molar refractivity (Wildman–Crippen MR) is 261 cm³/mol. The van der Waals surface area contributed by atoms with Crippen LogP contribution in [0.5, 0.6) is 0 Å². The number of nitrogens with zero attached hydrogens (tertiary/aromatic N) is 1. The number of unbranched alkanes of at least 4 members (excludes halogenated alkanes) is 19. The highest BCUT2D eigenvalue weighted by atomic mass is 31.2. The fraction of sp³-hybridized carbons (Fsp3) is 0.750. The Morgan fingerprint density at radius 3 is 1.43 bits per heavy atom. The number of esters is 1. The van der Waals surface area contributed by atoms with Crippen LogP contribution >= 0.6 is 7.82 Å². The number of quaternary nitrogens is 1. The van der Waals surface area contributed by atoms with Crippen LogP contribution < -0.4 is 0 Å². The van der Waals surface area contributed by atoms with Crippen LogP contribution in [0.25, 0.3) is 0 Å². The van der Waals surface area contributed by atoms with Crippen molar-refractivity contribution in [3.05, 3.63) is 72.9 Å². The van der Waals surface area contributed by atoms with E-state index >= 15 is 0 Å². The number of carbonyl (C=O) groups excluding carboxylic acids is 1. The SMILES string of the molecule is CC/C=C\C/C=C\C/C=C\C/C=C\C/C=C\CCOCC(COP(=O)(O)OCC[N+](C)(C)C)OC(=O)CCCCCCCCCCCCC/C=C\CCCCCCCCCC. The zero-order valence-corrected chi connectivity index (χ0v) is 41.0. The molecule has 0 aromatic rings. The van der Waals surface area contributed by atoms with Crippen molar-refractivity contribution in [3.63, 3.8) is 0 Å². The van der Waals surface area contributed by atoms with Crippen molar-refractivity contribution in [1.82, 2.24) is 0 Å². The molecule has 0 fully saturated rings. The number of rotatable bonds is 45. The van der Waals surface area contributed by atoms with Gasteiger partial charge in [-0.3, -0.25) is 13.8 Å². The van der Waals surface area contributed by atoms with Gasteiger partial charge in [0.05, 0.1) is 41.0 Å². The van der Waals surface area contributed by atoms with Gasteiger partial charge in [-0.25, -0.2) is 4.57 Å². The second-order valence-corrected chi connectivity index (χ2v) is 18.9. The zero-order valence-electron chi connectivity index (χ0n) is 40.1. The average Bonchev–Trinajstić information content (AvgIpc) is 3.22. The first-order chi connectivity index (χ1) is 29.6. The van der Waals surface area contributed by atoms with Gasteiger partial charge in [-0.05, 0) is 70.6 Å². The molecule has 2 unspecified atom stereocenters. The van der Waals surface area contributed by atoms with Crippen molar-refractivity contribution in [3.8, 4) is 0 Å². The molecule has 0 saturated heterocycles. The fourth-order valence-electron chi connectivity index (χ4n) is 6.49. The predicted octanol–water partition coefficient (Wildman–Crippen LogP) is 15.1. The van der Waals surface area contributed by atoms with Crippen LogP contribution in [0.4, 0.5) is 0 Å². The normalized spacial score (nSPS) is 14.3. The molecule has 1 N–H and O–H groups in total. The van der Waals surface area contributed by atoms with Crippen LogP contribution in [0, 0.1) is 0 Å². The number of carbonyl (C=O) groups is 1. The van der Waals surface area contributed by atoms with E-state index in [9.17, 15) is 14.3 Å². The number of allylic oxidation sites excluding steroid dienone is 11. The highest BCUT2D eigenvalue weighted by molar-refractivity contribution is 7.47. The van der Waals surface area contributed by atoms with E-state index in [4.69, 9.17) is 18.5 Å². The van der Waals surface area contributed by atoms with Gasteiger partial charge in [-0.2, -0.15) is 0 Å². The van der Waals surface area contributed by atoms with Crippen molar-refractivity contribution in [1.29, 1.82) is 0 Å². The summed E-state index contributed by atoms with van der Waals surface area (Å²) in [7, 11) is 1.62. The minimum Gasteiger partial charge on any atom is -0.457 e. The third kappa shape index (κ3) is 48.8. The summed E-state index contributed by atoms with van der Waals surface area (Å²) in [5.41, 5.74) is 0.